The maximum Gasteiger partial charge on any atom is 0.262 e. The molecule has 0 fully saturated rings. The third-order valence-corrected chi connectivity index (χ3v) is 5.64. The molecule has 1 N–H and O–H groups in total. The Balaban J connectivity index is 1.55. The van der Waals surface area contributed by atoms with Crippen molar-refractivity contribution in [2.24, 2.45) is 7.05 Å². The molecule has 1 aromatic carbocycles. The maximum absolute atomic E-state index is 12.5. The SMILES string of the molecule is CCCc1nc2cc(NC(=O)Cn3cnc4sc(C)cc4c3=O)ccc2n1C. The van der Waals surface area contributed by atoms with E-state index in [0.717, 1.165) is 34.6 Å². The Morgan fingerprint density at radius 2 is 2.11 bits per heavy atom. The molecule has 0 spiro atoms. The van der Waals surface area contributed by atoms with E-state index in [9.17, 15) is 9.59 Å². The van der Waals surface area contributed by atoms with Crippen LogP contribution in [0.1, 0.15) is 24.0 Å². The van der Waals surface area contributed by atoms with Crippen LogP contribution in [-0.4, -0.2) is 25.0 Å². The summed E-state index contributed by atoms with van der Waals surface area (Å²) in [5, 5.41) is 3.40. The van der Waals surface area contributed by atoms with Gasteiger partial charge in [-0.2, -0.15) is 0 Å². The lowest BCUT2D eigenvalue weighted by atomic mass is 10.2. The lowest BCUT2D eigenvalue weighted by molar-refractivity contribution is -0.116. The average molecular weight is 395 g/mol. The van der Waals surface area contributed by atoms with Crippen molar-refractivity contribution in [3.8, 4) is 0 Å². The third kappa shape index (κ3) is 3.31. The number of nitrogens with zero attached hydrogens (tertiary/aromatic N) is 4. The third-order valence-electron chi connectivity index (χ3n) is 4.69. The number of benzene rings is 1. The van der Waals surface area contributed by atoms with Gasteiger partial charge in [-0.1, -0.05) is 6.92 Å². The fourth-order valence-electron chi connectivity index (χ4n) is 3.32. The van der Waals surface area contributed by atoms with Gasteiger partial charge in [-0.05, 0) is 37.6 Å². The molecule has 0 aliphatic carbocycles. The van der Waals surface area contributed by atoms with Crippen LogP contribution in [0, 0.1) is 6.92 Å². The summed E-state index contributed by atoms with van der Waals surface area (Å²) in [4.78, 5) is 35.7. The first-order valence-corrected chi connectivity index (χ1v) is 9.98. The van der Waals surface area contributed by atoms with E-state index in [1.165, 1.54) is 22.2 Å². The highest BCUT2D eigenvalue weighted by molar-refractivity contribution is 7.18. The maximum atomic E-state index is 12.5. The summed E-state index contributed by atoms with van der Waals surface area (Å²) >= 11 is 1.47. The fraction of sp³-hybridized carbons (Fsp3) is 0.300. The summed E-state index contributed by atoms with van der Waals surface area (Å²) in [6.07, 6.45) is 3.37. The molecule has 8 heteroatoms. The Morgan fingerprint density at radius 1 is 1.29 bits per heavy atom. The van der Waals surface area contributed by atoms with Crippen LogP contribution >= 0.6 is 11.3 Å². The predicted octanol–water partition coefficient (Wildman–Crippen LogP) is 3.24. The monoisotopic (exact) mass is 395 g/mol. The van der Waals surface area contributed by atoms with Gasteiger partial charge in [0.1, 0.15) is 17.2 Å². The number of nitrogens with one attached hydrogen (secondary N) is 1. The molecule has 0 unspecified atom stereocenters. The van der Waals surface area contributed by atoms with Gasteiger partial charge in [0, 0.05) is 24.0 Å². The summed E-state index contributed by atoms with van der Waals surface area (Å²) in [6.45, 7) is 3.97. The van der Waals surface area contributed by atoms with Gasteiger partial charge in [-0.15, -0.1) is 11.3 Å². The standard InChI is InChI=1S/C20H21N5O2S/c1-4-5-17-23-15-9-13(6-7-16(15)24(17)3)22-18(26)10-25-11-21-19-14(20(25)27)8-12(2)28-19/h6-9,11H,4-5,10H2,1-3H3,(H,22,26). The number of thiophene rings is 1. The number of aryl methyl sites for hydroxylation is 3. The molecule has 0 aliphatic heterocycles. The smallest absolute Gasteiger partial charge is 0.262 e. The van der Waals surface area contributed by atoms with Gasteiger partial charge in [-0.25, -0.2) is 9.97 Å². The lowest BCUT2D eigenvalue weighted by Crippen LogP contribution is -2.27. The molecule has 28 heavy (non-hydrogen) atoms. The van der Waals surface area contributed by atoms with Crippen LogP contribution in [0.25, 0.3) is 21.3 Å². The predicted molar refractivity (Wildman–Crippen MR) is 112 cm³/mol. The van der Waals surface area contributed by atoms with Crippen LogP contribution in [0.2, 0.25) is 0 Å². The average Bonchev–Trinajstić information content (AvgIpc) is 3.18. The topological polar surface area (TPSA) is 81.8 Å². The first kappa shape index (κ1) is 18.4. The minimum atomic E-state index is -0.278. The Bertz CT molecular complexity index is 1250. The first-order chi connectivity index (χ1) is 13.5. The number of hydrogen-bond acceptors (Lipinski definition) is 5. The van der Waals surface area contributed by atoms with Crippen LogP contribution < -0.4 is 10.9 Å². The molecule has 3 heterocycles. The van der Waals surface area contributed by atoms with Crippen LogP contribution in [0.4, 0.5) is 5.69 Å². The van der Waals surface area contributed by atoms with E-state index in [2.05, 4.69) is 26.8 Å². The van der Waals surface area contributed by atoms with E-state index in [0.29, 0.717) is 15.9 Å². The van der Waals surface area contributed by atoms with Crippen molar-refractivity contribution < 1.29 is 4.79 Å². The highest BCUT2D eigenvalue weighted by Gasteiger charge is 2.12. The molecule has 0 atom stereocenters. The van der Waals surface area contributed by atoms with E-state index in [1.54, 1.807) is 0 Å². The molecular formula is C20H21N5O2S. The number of fused-ring (bicyclic) bond motifs is 2. The Hall–Kier alpha value is -3.00. The molecule has 4 aromatic rings. The summed E-state index contributed by atoms with van der Waals surface area (Å²) in [5.41, 5.74) is 2.33. The second kappa shape index (κ2) is 7.20. The highest BCUT2D eigenvalue weighted by atomic mass is 32.1. The molecule has 0 bridgehead atoms. The van der Waals surface area contributed by atoms with Gasteiger partial charge in [0.25, 0.3) is 5.56 Å². The Labute approximate surface area is 165 Å². The molecule has 0 radical (unpaired) electrons. The van der Waals surface area contributed by atoms with E-state index in [1.807, 2.05) is 38.2 Å². The minimum absolute atomic E-state index is 0.0853. The van der Waals surface area contributed by atoms with Crippen molar-refractivity contribution in [1.82, 2.24) is 19.1 Å². The molecule has 7 nitrogen and oxygen atoms in total. The molecule has 1 amide bonds. The molecular weight excluding hydrogens is 374 g/mol. The Kier molecular flexibility index (Phi) is 4.72. The summed E-state index contributed by atoms with van der Waals surface area (Å²) in [5.74, 6) is 0.747. The molecule has 0 saturated heterocycles. The van der Waals surface area contributed by atoms with E-state index in [4.69, 9.17) is 0 Å². The second-order valence-corrected chi connectivity index (χ2v) is 8.08. The number of carbonyl (C=O) groups is 1. The lowest BCUT2D eigenvalue weighted by Gasteiger charge is -2.07. The summed E-state index contributed by atoms with van der Waals surface area (Å²) in [6, 6.07) is 7.47. The number of imidazole rings is 1. The zero-order chi connectivity index (χ0) is 19.8. The van der Waals surface area contributed by atoms with E-state index < -0.39 is 0 Å². The minimum Gasteiger partial charge on any atom is -0.331 e. The highest BCUT2D eigenvalue weighted by Crippen LogP contribution is 2.21. The van der Waals surface area contributed by atoms with Crippen molar-refractivity contribution in [3.63, 3.8) is 0 Å². The van der Waals surface area contributed by atoms with Crippen molar-refractivity contribution in [2.45, 2.75) is 33.2 Å². The molecule has 0 aliphatic rings. The van der Waals surface area contributed by atoms with Crippen LogP contribution in [-0.2, 0) is 24.8 Å². The van der Waals surface area contributed by atoms with E-state index >= 15 is 0 Å². The fourth-order valence-corrected chi connectivity index (χ4v) is 4.16. The molecule has 3 aromatic heterocycles. The molecule has 144 valence electrons. The van der Waals surface area contributed by atoms with E-state index in [-0.39, 0.29) is 18.0 Å². The van der Waals surface area contributed by atoms with Crippen molar-refractivity contribution in [3.05, 3.63) is 51.6 Å². The van der Waals surface area contributed by atoms with Crippen molar-refractivity contribution in [2.75, 3.05) is 5.32 Å². The number of aromatic nitrogens is 4. The quantitative estimate of drug-likeness (QED) is 0.562. The van der Waals surface area contributed by atoms with Crippen LogP contribution in [0.5, 0.6) is 0 Å². The number of carbonyl (C=O) groups excluding carboxylic acids is 1. The number of hydrogen-bond donors (Lipinski definition) is 1. The van der Waals surface area contributed by atoms with Gasteiger partial charge in [0.15, 0.2) is 0 Å². The van der Waals surface area contributed by atoms with Gasteiger partial charge >= 0.3 is 0 Å². The van der Waals surface area contributed by atoms with Crippen LogP contribution in [0.15, 0.2) is 35.4 Å². The largest absolute Gasteiger partial charge is 0.331 e. The summed E-state index contributed by atoms with van der Waals surface area (Å²) < 4.78 is 3.41. The zero-order valence-corrected chi connectivity index (χ0v) is 16.8. The summed E-state index contributed by atoms with van der Waals surface area (Å²) in [7, 11) is 2.00. The molecule has 0 saturated carbocycles. The molecule has 4 rings (SSSR count). The number of amides is 1. The van der Waals surface area contributed by atoms with Crippen molar-refractivity contribution >= 4 is 44.2 Å². The van der Waals surface area contributed by atoms with Crippen molar-refractivity contribution in [1.29, 1.82) is 0 Å². The van der Waals surface area contributed by atoms with Crippen LogP contribution in [0.3, 0.4) is 0 Å². The number of rotatable bonds is 5. The first-order valence-electron chi connectivity index (χ1n) is 9.17. The van der Waals surface area contributed by atoms with Gasteiger partial charge in [0.05, 0.1) is 22.7 Å². The van der Waals surface area contributed by atoms with Gasteiger partial charge < -0.3 is 9.88 Å². The second-order valence-electron chi connectivity index (χ2n) is 6.84. The van der Waals surface area contributed by atoms with Gasteiger partial charge in [0.2, 0.25) is 5.91 Å². The Morgan fingerprint density at radius 3 is 2.89 bits per heavy atom. The normalized spacial score (nSPS) is 11.4. The number of anilines is 1. The zero-order valence-electron chi connectivity index (χ0n) is 16.0. The van der Waals surface area contributed by atoms with Gasteiger partial charge in [-0.3, -0.25) is 14.2 Å².